The van der Waals surface area contributed by atoms with Gasteiger partial charge in [-0.05, 0) is 35.4 Å². The number of rotatable bonds is 1. The van der Waals surface area contributed by atoms with Crippen LogP contribution in [0.5, 0.6) is 0 Å². The first kappa shape index (κ1) is 11.9. The Hall–Kier alpha value is -0.590. The number of aromatic nitrogens is 2. The largest absolute Gasteiger partial charge is 0.337 e. The zero-order chi connectivity index (χ0) is 11.5. The van der Waals surface area contributed by atoms with E-state index in [4.69, 9.17) is 0 Å². The molecule has 88 valence electrons. The molecule has 0 atom stereocenters. The number of carbonyl (C=O) groups is 1. The number of hydrogen-bond donors (Lipinski definition) is 0. The Bertz CT molecular complexity index is 361. The normalized spacial score (nSPS) is 17.2. The lowest BCUT2D eigenvalue weighted by atomic mass is 10.2. The van der Waals surface area contributed by atoms with Gasteiger partial charge in [0.15, 0.2) is 0 Å². The molecule has 4 nitrogen and oxygen atoms in total. The third-order valence-corrected chi connectivity index (χ3v) is 3.78. The highest BCUT2D eigenvalue weighted by Crippen LogP contribution is 2.16. The number of hydrogen-bond acceptors (Lipinski definition) is 2. The standard InChI is InChI=1S/C11H16IN3O/c1-14-10(9(12)8-13-14)11(16)15-6-4-2-3-5-7-15/h8H,2-7H2,1H3. The maximum Gasteiger partial charge on any atom is 0.273 e. The molecule has 2 heterocycles. The zero-order valence-electron chi connectivity index (χ0n) is 9.45. The Morgan fingerprint density at radius 2 is 1.94 bits per heavy atom. The van der Waals surface area contributed by atoms with E-state index >= 15 is 0 Å². The van der Waals surface area contributed by atoms with Gasteiger partial charge in [0.2, 0.25) is 0 Å². The Kier molecular flexibility index (Phi) is 3.83. The van der Waals surface area contributed by atoms with E-state index in [2.05, 4.69) is 27.7 Å². The molecule has 1 saturated heterocycles. The lowest BCUT2D eigenvalue weighted by Crippen LogP contribution is -2.33. The molecule has 1 aromatic heterocycles. The molecule has 0 spiro atoms. The molecule has 1 aliphatic rings. The minimum Gasteiger partial charge on any atom is -0.337 e. The summed E-state index contributed by atoms with van der Waals surface area (Å²) in [6.07, 6.45) is 6.48. The summed E-state index contributed by atoms with van der Waals surface area (Å²) in [7, 11) is 1.83. The summed E-state index contributed by atoms with van der Waals surface area (Å²) >= 11 is 2.17. The first-order valence-corrected chi connectivity index (χ1v) is 6.75. The van der Waals surface area contributed by atoms with Crippen molar-refractivity contribution in [2.24, 2.45) is 7.05 Å². The van der Waals surface area contributed by atoms with Crippen molar-refractivity contribution in [2.75, 3.05) is 13.1 Å². The van der Waals surface area contributed by atoms with Gasteiger partial charge >= 0.3 is 0 Å². The van der Waals surface area contributed by atoms with E-state index in [1.54, 1.807) is 10.9 Å². The molecule has 0 N–H and O–H groups in total. The molecule has 1 aliphatic heterocycles. The number of amides is 1. The van der Waals surface area contributed by atoms with E-state index < -0.39 is 0 Å². The molecule has 1 fully saturated rings. The van der Waals surface area contributed by atoms with Crippen LogP contribution in [-0.2, 0) is 7.05 Å². The van der Waals surface area contributed by atoms with Gasteiger partial charge in [0.1, 0.15) is 5.69 Å². The molecule has 0 radical (unpaired) electrons. The second kappa shape index (κ2) is 5.16. The monoisotopic (exact) mass is 333 g/mol. The van der Waals surface area contributed by atoms with Crippen molar-refractivity contribution in [1.82, 2.24) is 14.7 Å². The summed E-state index contributed by atoms with van der Waals surface area (Å²) in [6.45, 7) is 1.78. The van der Waals surface area contributed by atoms with Crippen LogP contribution in [0, 0.1) is 3.57 Å². The van der Waals surface area contributed by atoms with Gasteiger partial charge in [0.05, 0.1) is 9.77 Å². The molecule has 2 rings (SSSR count). The van der Waals surface area contributed by atoms with Crippen LogP contribution in [0.4, 0.5) is 0 Å². The minimum atomic E-state index is 0.131. The van der Waals surface area contributed by atoms with E-state index in [0.29, 0.717) is 0 Å². The van der Waals surface area contributed by atoms with E-state index in [9.17, 15) is 4.79 Å². The maximum absolute atomic E-state index is 12.3. The van der Waals surface area contributed by atoms with E-state index in [1.165, 1.54) is 12.8 Å². The van der Waals surface area contributed by atoms with Crippen molar-refractivity contribution >= 4 is 28.5 Å². The fraction of sp³-hybridized carbons (Fsp3) is 0.636. The summed E-state index contributed by atoms with van der Waals surface area (Å²) in [4.78, 5) is 14.3. The Morgan fingerprint density at radius 1 is 1.31 bits per heavy atom. The van der Waals surface area contributed by atoms with Gasteiger partial charge in [-0.3, -0.25) is 9.48 Å². The fourth-order valence-corrected chi connectivity index (χ4v) is 2.78. The van der Waals surface area contributed by atoms with Crippen LogP contribution in [-0.4, -0.2) is 33.7 Å². The molecule has 1 aromatic rings. The summed E-state index contributed by atoms with van der Waals surface area (Å²) in [5, 5.41) is 4.12. The Balaban J connectivity index is 2.17. The maximum atomic E-state index is 12.3. The van der Waals surface area contributed by atoms with Crippen LogP contribution >= 0.6 is 22.6 Å². The van der Waals surface area contributed by atoms with Crippen LogP contribution < -0.4 is 0 Å². The molecule has 1 amide bonds. The van der Waals surface area contributed by atoms with Crippen LogP contribution in [0.15, 0.2) is 6.20 Å². The molecule has 0 aromatic carbocycles. The second-order valence-electron chi connectivity index (χ2n) is 4.17. The van der Waals surface area contributed by atoms with Crippen molar-refractivity contribution in [2.45, 2.75) is 25.7 Å². The van der Waals surface area contributed by atoms with Gasteiger partial charge in [-0.15, -0.1) is 0 Å². The highest BCUT2D eigenvalue weighted by atomic mass is 127. The van der Waals surface area contributed by atoms with Crippen molar-refractivity contribution in [3.05, 3.63) is 15.5 Å². The lowest BCUT2D eigenvalue weighted by molar-refractivity contribution is 0.0749. The van der Waals surface area contributed by atoms with Gasteiger partial charge in [-0.25, -0.2) is 0 Å². The molecule has 0 saturated carbocycles. The molecule has 5 heteroatoms. The van der Waals surface area contributed by atoms with Crippen LogP contribution in [0.25, 0.3) is 0 Å². The van der Waals surface area contributed by atoms with Crippen molar-refractivity contribution < 1.29 is 4.79 Å². The Labute approximate surface area is 109 Å². The predicted octanol–water partition coefficient (Wildman–Crippen LogP) is 2.04. The number of aryl methyl sites for hydroxylation is 1. The van der Waals surface area contributed by atoms with Crippen LogP contribution in [0.2, 0.25) is 0 Å². The number of halogens is 1. The molecule has 0 unspecified atom stereocenters. The summed E-state index contributed by atoms with van der Waals surface area (Å²) in [5.74, 6) is 0.131. The second-order valence-corrected chi connectivity index (χ2v) is 5.33. The average molecular weight is 333 g/mol. The first-order chi connectivity index (χ1) is 7.70. The Morgan fingerprint density at radius 3 is 2.44 bits per heavy atom. The lowest BCUT2D eigenvalue weighted by Gasteiger charge is -2.20. The summed E-state index contributed by atoms with van der Waals surface area (Å²) in [5.41, 5.74) is 0.725. The van der Waals surface area contributed by atoms with E-state index in [0.717, 1.165) is 35.2 Å². The average Bonchev–Trinajstić information content (AvgIpc) is 2.51. The summed E-state index contributed by atoms with van der Waals surface area (Å²) in [6, 6.07) is 0. The highest BCUT2D eigenvalue weighted by molar-refractivity contribution is 14.1. The van der Waals surface area contributed by atoms with E-state index in [1.807, 2.05) is 11.9 Å². The van der Waals surface area contributed by atoms with Crippen LogP contribution in [0.3, 0.4) is 0 Å². The number of carbonyl (C=O) groups excluding carboxylic acids is 1. The van der Waals surface area contributed by atoms with Gasteiger partial charge in [-0.1, -0.05) is 12.8 Å². The zero-order valence-corrected chi connectivity index (χ0v) is 11.6. The van der Waals surface area contributed by atoms with Crippen LogP contribution in [0.1, 0.15) is 36.2 Å². The molecule has 0 bridgehead atoms. The molecular weight excluding hydrogens is 317 g/mol. The third-order valence-electron chi connectivity index (χ3n) is 2.99. The number of nitrogens with zero attached hydrogens (tertiary/aromatic N) is 3. The topological polar surface area (TPSA) is 38.1 Å². The van der Waals surface area contributed by atoms with E-state index in [-0.39, 0.29) is 5.91 Å². The molecular formula is C11H16IN3O. The van der Waals surface area contributed by atoms with Crippen molar-refractivity contribution in [1.29, 1.82) is 0 Å². The highest BCUT2D eigenvalue weighted by Gasteiger charge is 2.22. The predicted molar refractivity (Wildman–Crippen MR) is 70.3 cm³/mol. The minimum absolute atomic E-state index is 0.131. The molecule has 16 heavy (non-hydrogen) atoms. The van der Waals surface area contributed by atoms with Gasteiger partial charge < -0.3 is 4.90 Å². The first-order valence-electron chi connectivity index (χ1n) is 5.67. The van der Waals surface area contributed by atoms with Gasteiger partial charge in [-0.2, -0.15) is 5.10 Å². The van der Waals surface area contributed by atoms with Gasteiger partial charge in [0, 0.05) is 20.1 Å². The summed E-state index contributed by atoms with van der Waals surface area (Å²) < 4.78 is 2.61. The third kappa shape index (κ3) is 2.39. The SMILES string of the molecule is Cn1ncc(I)c1C(=O)N1CCCCCC1. The van der Waals surface area contributed by atoms with Crippen molar-refractivity contribution in [3.8, 4) is 0 Å². The quantitative estimate of drug-likeness (QED) is 0.738. The van der Waals surface area contributed by atoms with Crippen molar-refractivity contribution in [3.63, 3.8) is 0 Å². The number of likely N-dealkylation sites (tertiary alicyclic amines) is 1. The van der Waals surface area contributed by atoms with Gasteiger partial charge in [0.25, 0.3) is 5.91 Å². The smallest absolute Gasteiger partial charge is 0.273 e. The fourth-order valence-electron chi connectivity index (χ4n) is 2.07. The molecule has 0 aliphatic carbocycles.